The third kappa shape index (κ3) is 2.43. The van der Waals surface area contributed by atoms with Gasteiger partial charge in [0.05, 0.1) is 5.69 Å². The molecule has 2 rings (SSSR count). The Hall–Kier alpha value is -2.18. The van der Waals surface area contributed by atoms with Crippen molar-refractivity contribution >= 4 is 5.69 Å². The molecule has 7 heteroatoms. The van der Waals surface area contributed by atoms with Crippen LogP contribution in [-0.2, 0) is 13.0 Å². The molecule has 1 aromatic carbocycles. The van der Waals surface area contributed by atoms with Gasteiger partial charge in [0.15, 0.2) is 17.5 Å². The molecule has 1 heterocycles. The van der Waals surface area contributed by atoms with Crippen LogP contribution >= 0.6 is 0 Å². The highest BCUT2D eigenvalue weighted by Gasteiger charge is 2.21. The van der Waals surface area contributed by atoms with Gasteiger partial charge in [-0.05, 0) is 12.8 Å². The minimum atomic E-state index is -1.30. The van der Waals surface area contributed by atoms with Gasteiger partial charge >= 0.3 is 0 Å². The van der Waals surface area contributed by atoms with Gasteiger partial charge in [-0.1, -0.05) is 13.8 Å². The minimum absolute atomic E-state index is 0.00455. The zero-order chi connectivity index (χ0) is 15.7. The molecule has 4 nitrogen and oxygen atoms in total. The Kier molecular flexibility index (Phi) is 4.11. The number of nitrogens with two attached hydrogens (primary N) is 1. The summed E-state index contributed by atoms with van der Waals surface area (Å²) in [6.07, 6.45) is 1.14. The molecule has 0 radical (unpaired) electrons. The lowest BCUT2D eigenvalue weighted by Gasteiger charge is -2.14. The average molecular weight is 299 g/mol. The fourth-order valence-corrected chi connectivity index (χ4v) is 2.34. The molecule has 2 aromatic rings. The summed E-state index contributed by atoms with van der Waals surface area (Å²) in [5, 5.41) is 0. The Bertz CT molecular complexity index is 734. The second-order valence-corrected chi connectivity index (χ2v) is 4.67. The zero-order valence-corrected chi connectivity index (χ0v) is 11.8. The fraction of sp³-hybridized carbons (Fsp3) is 0.357. The maximum atomic E-state index is 13.9. The van der Waals surface area contributed by atoms with Crippen LogP contribution in [0.15, 0.2) is 16.9 Å². The van der Waals surface area contributed by atoms with E-state index in [9.17, 15) is 18.0 Å². The normalized spacial score (nSPS) is 11.1. The lowest BCUT2D eigenvalue weighted by atomic mass is 10.3. The van der Waals surface area contributed by atoms with Gasteiger partial charge in [0, 0.05) is 18.7 Å². The van der Waals surface area contributed by atoms with Crippen molar-refractivity contribution in [1.29, 1.82) is 0 Å². The van der Waals surface area contributed by atoms with Crippen LogP contribution in [0.4, 0.5) is 18.9 Å². The second-order valence-electron chi connectivity index (χ2n) is 4.67. The topological polar surface area (TPSA) is 52.9 Å². The molecule has 0 atom stereocenters. The van der Waals surface area contributed by atoms with Crippen LogP contribution in [0, 0.1) is 17.5 Å². The third-order valence-electron chi connectivity index (χ3n) is 3.27. The summed E-state index contributed by atoms with van der Waals surface area (Å²) in [5.41, 5.74) is 5.32. The number of aromatic nitrogens is 2. The third-order valence-corrected chi connectivity index (χ3v) is 3.27. The molecule has 0 aliphatic rings. The number of hydrogen-bond donors (Lipinski definition) is 1. The highest BCUT2D eigenvalue weighted by atomic mass is 19.2. The molecule has 0 aliphatic heterocycles. The molecular weight excluding hydrogens is 283 g/mol. The largest absolute Gasteiger partial charge is 0.393 e. The number of nitrogens with zero attached hydrogens (tertiary/aromatic N) is 2. The van der Waals surface area contributed by atoms with Gasteiger partial charge in [-0.2, -0.15) is 0 Å². The molecule has 0 fully saturated rings. The molecule has 0 saturated heterocycles. The Morgan fingerprint density at radius 2 is 1.71 bits per heavy atom. The smallest absolute Gasteiger partial charge is 0.294 e. The summed E-state index contributed by atoms with van der Waals surface area (Å²) in [7, 11) is 0. The van der Waals surface area contributed by atoms with Crippen molar-refractivity contribution in [2.45, 2.75) is 33.2 Å². The van der Waals surface area contributed by atoms with Crippen molar-refractivity contribution in [1.82, 2.24) is 9.36 Å². The first-order valence-electron chi connectivity index (χ1n) is 6.67. The van der Waals surface area contributed by atoms with Crippen molar-refractivity contribution in [3.05, 3.63) is 45.6 Å². The molecule has 0 saturated carbocycles. The molecule has 21 heavy (non-hydrogen) atoms. The molecular formula is C14H16F3N3O. The second kappa shape index (κ2) is 5.67. The SMILES string of the molecule is CCCn1c(CC)c(N)c(=O)n1-c1cc(F)c(F)cc1F. The molecule has 0 unspecified atom stereocenters. The predicted molar refractivity (Wildman–Crippen MR) is 74.0 cm³/mol. The van der Waals surface area contributed by atoms with Crippen molar-refractivity contribution in [2.24, 2.45) is 0 Å². The Morgan fingerprint density at radius 3 is 2.29 bits per heavy atom. The Balaban J connectivity index is 2.80. The maximum Gasteiger partial charge on any atom is 0.294 e. The van der Waals surface area contributed by atoms with Gasteiger partial charge in [0.2, 0.25) is 0 Å². The highest BCUT2D eigenvalue weighted by molar-refractivity contribution is 5.46. The lowest BCUT2D eigenvalue weighted by Crippen LogP contribution is -2.24. The van der Waals surface area contributed by atoms with Crippen LogP contribution < -0.4 is 11.3 Å². The maximum absolute atomic E-state index is 13.9. The van der Waals surface area contributed by atoms with Gasteiger partial charge in [-0.3, -0.25) is 9.48 Å². The summed E-state index contributed by atoms with van der Waals surface area (Å²) in [6, 6.07) is 1.08. The Labute approximate surface area is 119 Å². The number of anilines is 1. The van der Waals surface area contributed by atoms with Crippen LogP contribution in [0.1, 0.15) is 26.0 Å². The van der Waals surface area contributed by atoms with Crippen LogP contribution in [0.3, 0.4) is 0 Å². The quantitative estimate of drug-likeness (QED) is 0.882. The predicted octanol–water partition coefficient (Wildman–Crippen LogP) is 2.61. The number of rotatable bonds is 4. The van der Waals surface area contributed by atoms with E-state index < -0.39 is 23.0 Å². The number of halogens is 3. The molecule has 0 spiro atoms. The summed E-state index contributed by atoms with van der Waals surface area (Å²) in [6.45, 7) is 4.10. The van der Waals surface area contributed by atoms with Crippen LogP contribution in [0.25, 0.3) is 5.69 Å². The average Bonchev–Trinajstić information content (AvgIpc) is 2.67. The van der Waals surface area contributed by atoms with E-state index in [0.717, 1.165) is 4.68 Å². The molecule has 0 amide bonds. The molecule has 1 aromatic heterocycles. The van der Waals surface area contributed by atoms with Crippen molar-refractivity contribution in [3.8, 4) is 5.69 Å². The number of benzene rings is 1. The molecule has 0 bridgehead atoms. The zero-order valence-electron chi connectivity index (χ0n) is 11.8. The highest BCUT2D eigenvalue weighted by Crippen LogP contribution is 2.20. The van der Waals surface area contributed by atoms with E-state index in [1.165, 1.54) is 4.68 Å². The van der Waals surface area contributed by atoms with Crippen molar-refractivity contribution < 1.29 is 13.2 Å². The van der Waals surface area contributed by atoms with Crippen LogP contribution in [0.5, 0.6) is 0 Å². The molecule has 0 aliphatic carbocycles. The first kappa shape index (κ1) is 15.2. The van der Waals surface area contributed by atoms with E-state index in [1.807, 2.05) is 13.8 Å². The van der Waals surface area contributed by atoms with Gasteiger partial charge in [-0.25, -0.2) is 17.9 Å². The van der Waals surface area contributed by atoms with Crippen molar-refractivity contribution in [3.63, 3.8) is 0 Å². The Morgan fingerprint density at radius 1 is 1.10 bits per heavy atom. The van der Waals surface area contributed by atoms with E-state index in [1.54, 1.807) is 0 Å². The van der Waals surface area contributed by atoms with Crippen molar-refractivity contribution in [2.75, 3.05) is 5.73 Å². The van der Waals surface area contributed by atoms with Gasteiger partial charge in [0.1, 0.15) is 11.4 Å². The summed E-state index contributed by atoms with van der Waals surface area (Å²) in [5.74, 6) is -3.55. The summed E-state index contributed by atoms with van der Waals surface area (Å²) in [4.78, 5) is 12.2. The first-order valence-corrected chi connectivity index (χ1v) is 6.67. The first-order chi connectivity index (χ1) is 9.92. The number of hydrogen-bond acceptors (Lipinski definition) is 2. The van der Waals surface area contributed by atoms with E-state index in [0.29, 0.717) is 37.2 Å². The molecule has 114 valence electrons. The lowest BCUT2D eigenvalue weighted by molar-refractivity contribution is 0.472. The van der Waals surface area contributed by atoms with Crippen LogP contribution in [0.2, 0.25) is 0 Å². The van der Waals surface area contributed by atoms with E-state index in [2.05, 4.69) is 0 Å². The van der Waals surface area contributed by atoms with Gasteiger partial charge in [-0.15, -0.1) is 0 Å². The van der Waals surface area contributed by atoms with Gasteiger partial charge in [0.25, 0.3) is 5.56 Å². The van der Waals surface area contributed by atoms with E-state index in [4.69, 9.17) is 5.73 Å². The van der Waals surface area contributed by atoms with Crippen LogP contribution in [-0.4, -0.2) is 9.36 Å². The standard InChI is InChI=1S/C14H16F3N3O/c1-3-5-19-11(4-2)13(18)14(21)20(19)12-7-9(16)8(15)6-10(12)17/h6-7H,3-5,18H2,1-2H3. The van der Waals surface area contributed by atoms with E-state index in [-0.39, 0.29) is 11.4 Å². The summed E-state index contributed by atoms with van der Waals surface area (Å²) >= 11 is 0. The number of nitrogen functional groups attached to an aromatic ring is 1. The summed E-state index contributed by atoms with van der Waals surface area (Å²) < 4.78 is 42.8. The fourth-order valence-electron chi connectivity index (χ4n) is 2.34. The molecule has 2 N–H and O–H groups in total. The monoisotopic (exact) mass is 299 g/mol. The van der Waals surface area contributed by atoms with Gasteiger partial charge < -0.3 is 5.73 Å². The minimum Gasteiger partial charge on any atom is -0.393 e. The van der Waals surface area contributed by atoms with E-state index >= 15 is 0 Å².